The van der Waals surface area contributed by atoms with E-state index in [4.69, 9.17) is 0 Å². The van der Waals surface area contributed by atoms with E-state index in [9.17, 15) is 9.59 Å². The van der Waals surface area contributed by atoms with Gasteiger partial charge in [-0.25, -0.2) is 0 Å². The van der Waals surface area contributed by atoms with Crippen LogP contribution in [0.5, 0.6) is 0 Å². The van der Waals surface area contributed by atoms with Gasteiger partial charge in [-0.05, 0) is 32.0 Å². The molecule has 2 aromatic heterocycles. The summed E-state index contributed by atoms with van der Waals surface area (Å²) in [7, 11) is 0. The Bertz CT molecular complexity index is 604. The first kappa shape index (κ1) is 15.4. The van der Waals surface area contributed by atoms with Crippen LogP contribution < -0.4 is 5.32 Å². The van der Waals surface area contributed by atoms with Gasteiger partial charge in [0.25, 0.3) is 0 Å². The van der Waals surface area contributed by atoms with Gasteiger partial charge in [0.05, 0.1) is 11.4 Å². The molecule has 1 N–H and O–H groups in total. The third-order valence-corrected chi connectivity index (χ3v) is 4.06. The predicted molar refractivity (Wildman–Crippen MR) is 82.5 cm³/mol. The molecule has 0 fully saturated rings. The number of hydrogen-bond donors (Lipinski definition) is 1. The zero-order chi connectivity index (χ0) is 15.2. The van der Waals surface area contributed by atoms with Gasteiger partial charge in [-0.1, -0.05) is 0 Å². The number of nitrogens with zero attached hydrogens (tertiary/aromatic N) is 2. The second kappa shape index (κ2) is 7.17. The van der Waals surface area contributed by atoms with Crippen LogP contribution >= 0.6 is 11.3 Å². The molecule has 0 unspecified atom stereocenters. The Morgan fingerprint density at radius 2 is 2.19 bits per heavy atom. The maximum atomic E-state index is 11.9. The summed E-state index contributed by atoms with van der Waals surface area (Å²) < 4.78 is 1.77. The first-order valence-electron chi connectivity index (χ1n) is 6.91. The van der Waals surface area contributed by atoms with Gasteiger partial charge in [-0.3, -0.25) is 14.3 Å². The third kappa shape index (κ3) is 4.82. The lowest BCUT2D eigenvalue weighted by molar-refractivity contribution is -0.121. The number of amides is 1. The quantitative estimate of drug-likeness (QED) is 0.799. The predicted octanol–water partition coefficient (Wildman–Crippen LogP) is 2.42. The largest absolute Gasteiger partial charge is 0.352 e. The maximum Gasteiger partial charge on any atom is 0.220 e. The molecule has 0 aliphatic rings. The molecule has 0 radical (unpaired) electrons. The smallest absolute Gasteiger partial charge is 0.220 e. The Balaban J connectivity index is 1.73. The van der Waals surface area contributed by atoms with Crippen molar-refractivity contribution in [3.8, 4) is 0 Å². The van der Waals surface area contributed by atoms with E-state index >= 15 is 0 Å². The van der Waals surface area contributed by atoms with Crippen molar-refractivity contribution in [2.75, 3.05) is 0 Å². The number of aryl methyl sites for hydroxylation is 1. The number of hydrogen-bond acceptors (Lipinski definition) is 4. The Hall–Kier alpha value is -1.95. The summed E-state index contributed by atoms with van der Waals surface area (Å²) in [6, 6.07) is 5.57. The van der Waals surface area contributed by atoms with Crippen molar-refractivity contribution in [2.45, 2.75) is 39.3 Å². The van der Waals surface area contributed by atoms with E-state index in [2.05, 4.69) is 10.4 Å². The van der Waals surface area contributed by atoms with E-state index in [-0.39, 0.29) is 30.6 Å². The molecule has 0 aliphatic carbocycles. The van der Waals surface area contributed by atoms with Crippen LogP contribution in [-0.2, 0) is 11.3 Å². The molecule has 112 valence electrons. The highest BCUT2D eigenvalue weighted by Gasteiger charge is 2.13. The summed E-state index contributed by atoms with van der Waals surface area (Å²) in [5.41, 5.74) is 0. The number of rotatable bonds is 7. The number of aromatic nitrogens is 2. The van der Waals surface area contributed by atoms with Gasteiger partial charge in [0.1, 0.15) is 0 Å². The van der Waals surface area contributed by atoms with E-state index in [1.54, 1.807) is 10.9 Å². The van der Waals surface area contributed by atoms with Crippen LogP contribution in [0.2, 0.25) is 0 Å². The van der Waals surface area contributed by atoms with Gasteiger partial charge in [0.2, 0.25) is 5.91 Å². The number of carbonyl (C=O) groups is 2. The standard InChI is InChI=1S/C15H19N3O2S/c1-11(10-18-9-3-8-16-18)17-15(20)7-5-13(19)14-6-4-12(2)21-14/h3-4,6,8-9,11H,5,7,10H2,1-2H3,(H,17,20)/t11-/m0/s1. The Kier molecular flexibility index (Phi) is 5.27. The second-order valence-corrected chi connectivity index (χ2v) is 6.32. The van der Waals surface area contributed by atoms with Crippen molar-refractivity contribution in [2.24, 2.45) is 0 Å². The van der Waals surface area contributed by atoms with Crippen molar-refractivity contribution in [1.82, 2.24) is 15.1 Å². The van der Waals surface area contributed by atoms with Crippen LogP contribution in [0.3, 0.4) is 0 Å². The summed E-state index contributed by atoms with van der Waals surface area (Å²) in [6.07, 6.45) is 4.03. The van der Waals surface area contributed by atoms with Crippen LogP contribution in [0.1, 0.15) is 34.3 Å². The average molecular weight is 305 g/mol. The van der Waals surface area contributed by atoms with Crippen LogP contribution in [0, 0.1) is 6.92 Å². The fourth-order valence-electron chi connectivity index (χ4n) is 2.02. The Labute approximate surface area is 128 Å². The highest BCUT2D eigenvalue weighted by molar-refractivity contribution is 7.14. The van der Waals surface area contributed by atoms with Gasteiger partial charge in [0.15, 0.2) is 5.78 Å². The van der Waals surface area contributed by atoms with E-state index < -0.39 is 0 Å². The SMILES string of the molecule is Cc1ccc(C(=O)CCC(=O)N[C@@H](C)Cn2cccn2)s1. The molecule has 2 aromatic rings. The van der Waals surface area contributed by atoms with Crippen LogP contribution in [-0.4, -0.2) is 27.5 Å². The molecule has 6 heteroatoms. The average Bonchev–Trinajstić information content (AvgIpc) is 3.07. The van der Waals surface area contributed by atoms with Crippen LogP contribution in [0.25, 0.3) is 0 Å². The molecular formula is C15H19N3O2S. The molecule has 0 aromatic carbocycles. The van der Waals surface area contributed by atoms with Crippen LogP contribution in [0.15, 0.2) is 30.6 Å². The molecule has 21 heavy (non-hydrogen) atoms. The maximum absolute atomic E-state index is 11.9. The highest BCUT2D eigenvalue weighted by atomic mass is 32.1. The summed E-state index contributed by atoms with van der Waals surface area (Å²) >= 11 is 1.47. The number of carbonyl (C=O) groups excluding carboxylic acids is 2. The summed E-state index contributed by atoms with van der Waals surface area (Å²) in [4.78, 5) is 25.6. The molecule has 2 heterocycles. The summed E-state index contributed by atoms with van der Waals surface area (Å²) in [5, 5.41) is 6.97. The van der Waals surface area contributed by atoms with E-state index in [0.29, 0.717) is 6.54 Å². The zero-order valence-corrected chi connectivity index (χ0v) is 13.0. The van der Waals surface area contributed by atoms with Crippen molar-refractivity contribution >= 4 is 23.0 Å². The molecule has 0 bridgehead atoms. The van der Waals surface area contributed by atoms with Crippen molar-refractivity contribution in [3.05, 3.63) is 40.3 Å². The fraction of sp³-hybridized carbons (Fsp3) is 0.400. The first-order chi connectivity index (χ1) is 10.0. The lowest BCUT2D eigenvalue weighted by Crippen LogP contribution is -2.35. The van der Waals surface area contributed by atoms with Gasteiger partial charge in [0, 0.05) is 36.2 Å². The molecule has 0 saturated carbocycles. The molecule has 2 rings (SSSR count). The molecular weight excluding hydrogens is 286 g/mol. The number of thiophene rings is 1. The lowest BCUT2D eigenvalue weighted by atomic mass is 10.2. The first-order valence-corrected chi connectivity index (χ1v) is 7.72. The molecule has 0 saturated heterocycles. The molecule has 1 atom stereocenters. The minimum atomic E-state index is -0.101. The molecule has 0 spiro atoms. The molecule has 5 nitrogen and oxygen atoms in total. The summed E-state index contributed by atoms with van der Waals surface area (Å²) in [5.74, 6) is -0.0701. The van der Waals surface area contributed by atoms with Gasteiger partial charge >= 0.3 is 0 Å². The zero-order valence-electron chi connectivity index (χ0n) is 12.2. The number of Topliss-reactive ketones (excluding diaryl/α,β-unsaturated/α-hetero) is 1. The minimum Gasteiger partial charge on any atom is -0.352 e. The van der Waals surface area contributed by atoms with Gasteiger partial charge in [-0.2, -0.15) is 5.10 Å². The monoisotopic (exact) mass is 305 g/mol. The number of ketones is 1. The fourth-order valence-corrected chi connectivity index (χ4v) is 2.85. The number of nitrogens with one attached hydrogen (secondary N) is 1. The third-order valence-electron chi connectivity index (χ3n) is 3.02. The summed E-state index contributed by atoms with van der Waals surface area (Å²) in [6.45, 7) is 4.51. The van der Waals surface area contributed by atoms with Gasteiger partial charge in [-0.15, -0.1) is 11.3 Å². The van der Waals surface area contributed by atoms with E-state index in [1.165, 1.54) is 11.3 Å². The highest BCUT2D eigenvalue weighted by Crippen LogP contribution is 2.17. The van der Waals surface area contributed by atoms with Gasteiger partial charge < -0.3 is 5.32 Å². The Morgan fingerprint density at radius 1 is 1.38 bits per heavy atom. The van der Waals surface area contributed by atoms with Crippen molar-refractivity contribution in [3.63, 3.8) is 0 Å². The van der Waals surface area contributed by atoms with Crippen molar-refractivity contribution < 1.29 is 9.59 Å². The molecule has 0 aliphatic heterocycles. The topological polar surface area (TPSA) is 64.0 Å². The normalized spacial score (nSPS) is 12.1. The Morgan fingerprint density at radius 3 is 2.81 bits per heavy atom. The second-order valence-electron chi connectivity index (χ2n) is 5.03. The van der Waals surface area contributed by atoms with E-state index in [0.717, 1.165) is 9.75 Å². The molecule has 1 amide bonds. The van der Waals surface area contributed by atoms with Crippen LogP contribution in [0.4, 0.5) is 0 Å². The van der Waals surface area contributed by atoms with E-state index in [1.807, 2.05) is 38.2 Å². The van der Waals surface area contributed by atoms with Crippen molar-refractivity contribution in [1.29, 1.82) is 0 Å². The lowest BCUT2D eigenvalue weighted by Gasteiger charge is -2.13. The minimum absolute atomic E-state index is 0.0171.